The first kappa shape index (κ1) is 8.89. The van der Waals surface area contributed by atoms with E-state index < -0.39 is 0 Å². The SMILES string of the molecule is Fc1cccc2c1cnn2C1CCCC1. The van der Waals surface area contributed by atoms with Crippen LogP contribution >= 0.6 is 0 Å². The first-order chi connectivity index (χ1) is 7.36. The minimum absolute atomic E-state index is 0.170. The fourth-order valence-electron chi connectivity index (χ4n) is 2.48. The van der Waals surface area contributed by atoms with Gasteiger partial charge in [0.1, 0.15) is 5.82 Å². The van der Waals surface area contributed by atoms with Gasteiger partial charge in [-0.2, -0.15) is 5.10 Å². The molecule has 0 spiro atoms. The van der Waals surface area contributed by atoms with Crippen LogP contribution in [0.4, 0.5) is 4.39 Å². The lowest BCUT2D eigenvalue weighted by Crippen LogP contribution is -2.05. The van der Waals surface area contributed by atoms with Gasteiger partial charge in [-0.1, -0.05) is 18.9 Å². The van der Waals surface area contributed by atoms with Crippen LogP contribution in [0.2, 0.25) is 0 Å². The van der Waals surface area contributed by atoms with Crippen molar-refractivity contribution in [3.63, 3.8) is 0 Å². The van der Waals surface area contributed by atoms with Crippen molar-refractivity contribution >= 4 is 10.9 Å². The molecule has 78 valence electrons. The Morgan fingerprint density at radius 2 is 2.07 bits per heavy atom. The van der Waals surface area contributed by atoms with Crippen molar-refractivity contribution in [1.82, 2.24) is 9.78 Å². The molecule has 1 fully saturated rings. The predicted molar refractivity (Wildman–Crippen MR) is 57.2 cm³/mol. The maximum absolute atomic E-state index is 13.4. The van der Waals surface area contributed by atoms with Crippen LogP contribution in [0.3, 0.4) is 0 Å². The highest BCUT2D eigenvalue weighted by Crippen LogP contribution is 2.31. The molecule has 1 aliphatic rings. The average Bonchev–Trinajstić information content (AvgIpc) is 2.85. The molecule has 3 heteroatoms. The fraction of sp³-hybridized carbons (Fsp3) is 0.417. The molecule has 1 saturated carbocycles. The van der Waals surface area contributed by atoms with Crippen LogP contribution < -0.4 is 0 Å². The third-order valence-corrected chi connectivity index (χ3v) is 3.26. The van der Waals surface area contributed by atoms with E-state index in [4.69, 9.17) is 0 Å². The second kappa shape index (κ2) is 3.33. The highest BCUT2D eigenvalue weighted by Gasteiger charge is 2.19. The van der Waals surface area contributed by atoms with E-state index in [2.05, 4.69) is 5.10 Å². The Labute approximate surface area is 87.7 Å². The van der Waals surface area contributed by atoms with Gasteiger partial charge >= 0.3 is 0 Å². The van der Waals surface area contributed by atoms with E-state index in [-0.39, 0.29) is 5.82 Å². The Morgan fingerprint density at radius 3 is 2.87 bits per heavy atom. The number of rotatable bonds is 1. The maximum atomic E-state index is 13.4. The number of benzene rings is 1. The van der Waals surface area contributed by atoms with Crippen LogP contribution in [0.25, 0.3) is 10.9 Å². The number of halogens is 1. The fourth-order valence-corrected chi connectivity index (χ4v) is 2.48. The summed E-state index contributed by atoms with van der Waals surface area (Å²) in [5, 5.41) is 4.96. The molecule has 15 heavy (non-hydrogen) atoms. The van der Waals surface area contributed by atoms with Crippen LogP contribution in [-0.2, 0) is 0 Å². The van der Waals surface area contributed by atoms with E-state index in [9.17, 15) is 4.39 Å². The zero-order valence-corrected chi connectivity index (χ0v) is 8.49. The van der Waals surface area contributed by atoms with Crippen molar-refractivity contribution < 1.29 is 4.39 Å². The van der Waals surface area contributed by atoms with E-state index in [0.29, 0.717) is 11.4 Å². The highest BCUT2D eigenvalue weighted by atomic mass is 19.1. The minimum Gasteiger partial charge on any atom is -0.262 e. The molecule has 1 aliphatic carbocycles. The molecule has 1 aromatic carbocycles. The number of hydrogen-bond donors (Lipinski definition) is 0. The zero-order chi connectivity index (χ0) is 10.3. The van der Waals surface area contributed by atoms with Gasteiger partial charge in [0.15, 0.2) is 0 Å². The lowest BCUT2D eigenvalue weighted by molar-refractivity contribution is 0.482. The molecule has 3 rings (SSSR count). The summed E-state index contributed by atoms with van der Waals surface area (Å²) < 4.78 is 15.4. The zero-order valence-electron chi connectivity index (χ0n) is 8.49. The number of nitrogens with zero attached hydrogens (tertiary/aromatic N) is 2. The van der Waals surface area contributed by atoms with Crippen LogP contribution in [-0.4, -0.2) is 9.78 Å². The smallest absolute Gasteiger partial charge is 0.134 e. The second-order valence-corrected chi connectivity index (χ2v) is 4.20. The first-order valence-electron chi connectivity index (χ1n) is 5.48. The van der Waals surface area contributed by atoms with E-state index in [1.54, 1.807) is 12.3 Å². The molecule has 1 aromatic heterocycles. The van der Waals surface area contributed by atoms with Gasteiger partial charge in [-0.25, -0.2) is 4.39 Å². The molecule has 0 aliphatic heterocycles. The van der Waals surface area contributed by atoms with E-state index >= 15 is 0 Å². The van der Waals surface area contributed by atoms with E-state index in [1.165, 1.54) is 31.7 Å². The molecule has 2 aromatic rings. The van der Waals surface area contributed by atoms with Gasteiger partial charge in [-0.15, -0.1) is 0 Å². The Bertz CT molecular complexity index is 483. The Hall–Kier alpha value is -1.38. The van der Waals surface area contributed by atoms with E-state index in [1.807, 2.05) is 10.7 Å². The van der Waals surface area contributed by atoms with Gasteiger partial charge < -0.3 is 0 Å². The molecule has 1 heterocycles. The summed E-state index contributed by atoms with van der Waals surface area (Å²) in [5.41, 5.74) is 0.932. The van der Waals surface area contributed by atoms with Gasteiger partial charge in [0, 0.05) is 0 Å². The average molecular weight is 204 g/mol. The summed E-state index contributed by atoms with van der Waals surface area (Å²) >= 11 is 0. The predicted octanol–water partition coefficient (Wildman–Crippen LogP) is 3.29. The third-order valence-electron chi connectivity index (χ3n) is 3.26. The molecule has 0 saturated heterocycles. The van der Waals surface area contributed by atoms with Crippen molar-refractivity contribution in [2.45, 2.75) is 31.7 Å². The lowest BCUT2D eigenvalue weighted by atomic mass is 10.2. The Balaban J connectivity index is 2.15. The molecule has 0 unspecified atom stereocenters. The van der Waals surface area contributed by atoms with Crippen LogP contribution in [0.15, 0.2) is 24.4 Å². The van der Waals surface area contributed by atoms with Crippen LogP contribution in [0.1, 0.15) is 31.7 Å². The van der Waals surface area contributed by atoms with Gasteiger partial charge in [-0.3, -0.25) is 4.68 Å². The summed E-state index contributed by atoms with van der Waals surface area (Å²) in [6.07, 6.45) is 6.52. The summed E-state index contributed by atoms with van der Waals surface area (Å²) in [5.74, 6) is -0.170. The third kappa shape index (κ3) is 1.34. The molecular formula is C12H13FN2. The van der Waals surface area contributed by atoms with Gasteiger partial charge in [0.05, 0.1) is 23.1 Å². The standard InChI is InChI=1S/C12H13FN2/c13-11-6-3-7-12-10(11)8-14-15(12)9-4-1-2-5-9/h3,6-9H,1-2,4-5H2. The molecule has 0 atom stereocenters. The minimum atomic E-state index is -0.170. The lowest BCUT2D eigenvalue weighted by Gasteiger charge is -2.10. The maximum Gasteiger partial charge on any atom is 0.134 e. The normalized spacial score (nSPS) is 17.7. The van der Waals surface area contributed by atoms with Crippen molar-refractivity contribution in [3.05, 3.63) is 30.2 Å². The molecule has 0 amide bonds. The Morgan fingerprint density at radius 1 is 1.27 bits per heavy atom. The van der Waals surface area contributed by atoms with Crippen molar-refractivity contribution in [2.75, 3.05) is 0 Å². The van der Waals surface area contributed by atoms with Gasteiger partial charge in [0.2, 0.25) is 0 Å². The number of aromatic nitrogens is 2. The Kier molecular flexibility index (Phi) is 1.97. The first-order valence-corrected chi connectivity index (χ1v) is 5.48. The topological polar surface area (TPSA) is 17.8 Å². The molecular weight excluding hydrogens is 191 g/mol. The molecule has 0 bridgehead atoms. The van der Waals surface area contributed by atoms with E-state index in [0.717, 1.165) is 5.52 Å². The summed E-state index contributed by atoms with van der Waals surface area (Å²) in [6, 6.07) is 5.67. The number of hydrogen-bond acceptors (Lipinski definition) is 1. The molecule has 2 nitrogen and oxygen atoms in total. The summed E-state index contributed by atoms with van der Waals surface area (Å²) in [6.45, 7) is 0. The number of fused-ring (bicyclic) bond motifs is 1. The van der Waals surface area contributed by atoms with Crippen molar-refractivity contribution in [2.24, 2.45) is 0 Å². The summed E-state index contributed by atoms with van der Waals surface area (Å²) in [4.78, 5) is 0. The summed E-state index contributed by atoms with van der Waals surface area (Å²) in [7, 11) is 0. The van der Waals surface area contributed by atoms with Crippen molar-refractivity contribution in [1.29, 1.82) is 0 Å². The van der Waals surface area contributed by atoms with Crippen LogP contribution in [0.5, 0.6) is 0 Å². The van der Waals surface area contributed by atoms with Crippen LogP contribution in [0, 0.1) is 5.82 Å². The monoisotopic (exact) mass is 204 g/mol. The van der Waals surface area contributed by atoms with Gasteiger partial charge in [0.25, 0.3) is 0 Å². The quantitative estimate of drug-likeness (QED) is 0.697. The highest BCUT2D eigenvalue weighted by molar-refractivity contribution is 5.79. The van der Waals surface area contributed by atoms with Gasteiger partial charge in [-0.05, 0) is 25.0 Å². The largest absolute Gasteiger partial charge is 0.262 e. The molecule has 0 N–H and O–H groups in total. The van der Waals surface area contributed by atoms with Crippen molar-refractivity contribution in [3.8, 4) is 0 Å². The second-order valence-electron chi connectivity index (χ2n) is 4.20. The molecule has 0 radical (unpaired) electrons.